The molecule has 1 heterocycles. The lowest BCUT2D eigenvalue weighted by atomic mass is 10.1. The summed E-state index contributed by atoms with van der Waals surface area (Å²) in [6, 6.07) is 4.14. The van der Waals surface area contributed by atoms with E-state index in [1.807, 2.05) is 6.92 Å². The third kappa shape index (κ3) is 3.06. The van der Waals surface area contributed by atoms with Crippen molar-refractivity contribution in [1.82, 2.24) is 10.2 Å². The third-order valence-electron chi connectivity index (χ3n) is 2.40. The van der Waals surface area contributed by atoms with Gasteiger partial charge in [0.05, 0.1) is 4.92 Å². The van der Waals surface area contributed by atoms with Crippen molar-refractivity contribution < 1.29 is 9.72 Å². The van der Waals surface area contributed by atoms with E-state index >= 15 is 0 Å². The van der Waals surface area contributed by atoms with Gasteiger partial charge in [-0.1, -0.05) is 11.3 Å². The average molecular weight is 293 g/mol. The Hall–Kier alpha value is -2.55. The molecule has 0 atom stereocenters. The molecule has 1 amide bonds. The standard InChI is InChI=1S/C11H11N5O3S/c1-2-12-8-5-7(3-4-9(8)16(18)19)10(17)14-11-15-13-6-20-11/h3-6,12H,2H2,1H3,(H,14,15,17). The van der Waals surface area contributed by atoms with E-state index in [0.29, 0.717) is 22.9 Å². The van der Waals surface area contributed by atoms with E-state index in [2.05, 4.69) is 20.8 Å². The van der Waals surface area contributed by atoms with Crippen LogP contribution in [-0.4, -0.2) is 27.6 Å². The van der Waals surface area contributed by atoms with E-state index in [4.69, 9.17) is 0 Å². The first-order chi connectivity index (χ1) is 9.61. The Labute approximate surface area is 118 Å². The van der Waals surface area contributed by atoms with Crippen molar-refractivity contribution in [2.24, 2.45) is 0 Å². The van der Waals surface area contributed by atoms with Gasteiger partial charge >= 0.3 is 0 Å². The zero-order valence-corrected chi connectivity index (χ0v) is 11.3. The summed E-state index contributed by atoms with van der Waals surface area (Å²) in [6.45, 7) is 2.33. The zero-order chi connectivity index (χ0) is 14.5. The van der Waals surface area contributed by atoms with Gasteiger partial charge in [-0.15, -0.1) is 10.2 Å². The molecule has 104 valence electrons. The summed E-state index contributed by atoms with van der Waals surface area (Å²) < 4.78 is 0. The minimum absolute atomic E-state index is 0.0701. The van der Waals surface area contributed by atoms with Gasteiger partial charge in [0.15, 0.2) is 0 Å². The predicted octanol–water partition coefficient (Wildman–Crippen LogP) is 2.13. The van der Waals surface area contributed by atoms with E-state index < -0.39 is 10.8 Å². The number of carbonyl (C=O) groups excluding carboxylic acids is 1. The maximum Gasteiger partial charge on any atom is 0.292 e. The molecule has 0 saturated heterocycles. The molecule has 0 saturated carbocycles. The van der Waals surface area contributed by atoms with E-state index in [1.54, 1.807) is 0 Å². The van der Waals surface area contributed by atoms with Gasteiger partial charge in [0.1, 0.15) is 11.2 Å². The fourth-order valence-electron chi connectivity index (χ4n) is 1.57. The first-order valence-corrected chi connectivity index (χ1v) is 6.59. The molecule has 0 fully saturated rings. The molecule has 1 aromatic heterocycles. The molecule has 0 aliphatic rings. The summed E-state index contributed by atoms with van der Waals surface area (Å²) in [4.78, 5) is 22.4. The number of carbonyl (C=O) groups is 1. The normalized spacial score (nSPS) is 10.1. The van der Waals surface area contributed by atoms with Crippen LogP contribution >= 0.6 is 11.3 Å². The minimum Gasteiger partial charge on any atom is -0.380 e. The van der Waals surface area contributed by atoms with Crippen LogP contribution in [0.25, 0.3) is 0 Å². The highest BCUT2D eigenvalue weighted by Crippen LogP contribution is 2.25. The number of benzene rings is 1. The molecular weight excluding hydrogens is 282 g/mol. The molecule has 8 nitrogen and oxygen atoms in total. The Morgan fingerprint density at radius 3 is 2.90 bits per heavy atom. The van der Waals surface area contributed by atoms with Crippen LogP contribution in [0.2, 0.25) is 0 Å². The van der Waals surface area contributed by atoms with Crippen LogP contribution in [0.5, 0.6) is 0 Å². The summed E-state index contributed by atoms with van der Waals surface area (Å²) in [5, 5.41) is 24.0. The number of hydrogen-bond acceptors (Lipinski definition) is 7. The number of anilines is 2. The van der Waals surface area contributed by atoms with Gasteiger partial charge in [0.25, 0.3) is 11.6 Å². The number of amides is 1. The lowest BCUT2D eigenvalue weighted by molar-refractivity contribution is -0.384. The quantitative estimate of drug-likeness (QED) is 0.645. The number of aromatic nitrogens is 2. The highest BCUT2D eigenvalue weighted by atomic mass is 32.1. The van der Waals surface area contributed by atoms with E-state index in [1.165, 1.54) is 35.0 Å². The van der Waals surface area contributed by atoms with Gasteiger partial charge in [-0.05, 0) is 19.1 Å². The molecule has 0 unspecified atom stereocenters. The molecule has 9 heteroatoms. The molecule has 0 bridgehead atoms. The molecule has 1 aromatic carbocycles. The molecule has 2 N–H and O–H groups in total. The van der Waals surface area contributed by atoms with Crippen LogP contribution in [0.15, 0.2) is 23.7 Å². The number of rotatable bonds is 5. The molecular formula is C11H11N5O3S. The third-order valence-corrected chi connectivity index (χ3v) is 3.01. The van der Waals surface area contributed by atoms with Crippen molar-refractivity contribution in [3.63, 3.8) is 0 Å². The van der Waals surface area contributed by atoms with E-state index in [9.17, 15) is 14.9 Å². The Morgan fingerprint density at radius 2 is 2.30 bits per heavy atom. The summed E-state index contributed by atoms with van der Waals surface area (Å²) in [5.41, 5.74) is 2.04. The Morgan fingerprint density at radius 1 is 1.50 bits per heavy atom. The van der Waals surface area contributed by atoms with Gasteiger partial charge in [0, 0.05) is 18.2 Å². The smallest absolute Gasteiger partial charge is 0.292 e. The fourth-order valence-corrected chi connectivity index (χ4v) is 2.01. The Balaban J connectivity index is 2.26. The van der Waals surface area contributed by atoms with Crippen molar-refractivity contribution in [3.05, 3.63) is 39.4 Å². The van der Waals surface area contributed by atoms with Crippen molar-refractivity contribution in [3.8, 4) is 0 Å². The van der Waals surface area contributed by atoms with E-state index in [-0.39, 0.29) is 5.69 Å². The minimum atomic E-state index is -0.496. The molecule has 0 radical (unpaired) electrons. The van der Waals surface area contributed by atoms with Crippen LogP contribution in [0.1, 0.15) is 17.3 Å². The van der Waals surface area contributed by atoms with Crippen LogP contribution in [0.3, 0.4) is 0 Å². The van der Waals surface area contributed by atoms with Crippen LogP contribution in [0, 0.1) is 10.1 Å². The highest BCUT2D eigenvalue weighted by Gasteiger charge is 2.16. The second-order valence-electron chi connectivity index (χ2n) is 3.72. The van der Waals surface area contributed by atoms with Crippen molar-refractivity contribution in [2.75, 3.05) is 17.2 Å². The topological polar surface area (TPSA) is 110 Å². The number of nitrogens with one attached hydrogen (secondary N) is 2. The van der Waals surface area contributed by atoms with E-state index in [0.717, 1.165) is 0 Å². The second kappa shape index (κ2) is 6.06. The van der Waals surface area contributed by atoms with Crippen LogP contribution < -0.4 is 10.6 Å². The monoisotopic (exact) mass is 293 g/mol. The van der Waals surface area contributed by atoms with Gasteiger partial charge < -0.3 is 5.32 Å². The van der Waals surface area contributed by atoms with Gasteiger partial charge in [-0.3, -0.25) is 20.2 Å². The predicted molar refractivity (Wildman–Crippen MR) is 75.1 cm³/mol. The number of nitrogens with zero attached hydrogens (tertiary/aromatic N) is 3. The van der Waals surface area contributed by atoms with Crippen LogP contribution in [-0.2, 0) is 0 Å². The summed E-state index contributed by atoms with van der Waals surface area (Å²) in [7, 11) is 0. The van der Waals surface area contributed by atoms with Gasteiger partial charge in [0.2, 0.25) is 5.13 Å². The summed E-state index contributed by atoms with van der Waals surface area (Å²) >= 11 is 1.19. The van der Waals surface area contributed by atoms with Gasteiger partial charge in [-0.25, -0.2) is 0 Å². The number of hydrogen-bond donors (Lipinski definition) is 2. The molecule has 20 heavy (non-hydrogen) atoms. The largest absolute Gasteiger partial charge is 0.380 e. The molecule has 0 aliphatic carbocycles. The summed E-state index contributed by atoms with van der Waals surface area (Å²) in [5.74, 6) is -0.393. The van der Waals surface area contributed by atoms with Crippen LogP contribution in [0.4, 0.5) is 16.5 Å². The Bertz CT molecular complexity index is 629. The number of nitro benzene ring substituents is 1. The summed E-state index contributed by atoms with van der Waals surface area (Å²) in [6.07, 6.45) is 0. The molecule has 2 rings (SSSR count). The fraction of sp³-hybridized carbons (Fsp3) is 0.182. The first kappa shape index (κ1) is 13.9. The van der Waals surface area contributed by atoms with Gasteiger partial charge in [-0.2, -0.15) is 0 Å². The van der Waals surface area contributed by atoms with Crippen molar-refractivity contribution in [1.29, 1.82) is 0 Å². The van der Waals surface area contributed by atoms with Crippen molar-refractivity contribution >= 4 is 33.8 Å². The maximum absolute atomic E-state index is 12.0. The van der Waals surface area contributed by atoms with Crippen molar-refractivity contribution in [2.45, 2.75) is 6.92 Å². The average Bonchev–Trinajstić information content (AvgIpc) is 2.91. The zero-order valence-electron chi connectivity index (χ0n) is 10.5. The maximum atomic E-state index is 12.0. The highest BCUT2D eigenvalue weighted by molar-refractivity contribution is 7.13. The second-order valence-corrected chi connectivity index (χ2v) is 4.55. The Kier molecular flexibility index (Phi) is 4.20. The lowest BCUT2D eigenvalue weighted by Gasteiger charge is -2.07. The number of nitro groups is 1. The molecule has 0 aliphatic heterocycles. The first-order valence-electron chi connectivity index (χ1n) is 5.71. The SMILES string of the molecule is CCNc1cc(C(=O)Nc2nncs2)ccc1[N+](=O)[O-]. The molecule has 0 spiro atoms. The molecule has 2 aromatic rings. The lowest BCUT2D eigenvalue weighted by Crippen LogP contribution is -2.12.